The van der Waals surface area contributed by atoms with Gasteiger partial charge in [-0.3, -0.25) is 0 Å². The van der Waals surface area contributed by atoms with Crippen molar-refractivity contribution < 1.29 is 23.4 Å². The SMILES string of the molecule is CCOC(=O)C(F)(F)[C@H](N)c1c(C)ccc(N)c1O.Cl. The van der Waals surface area contributed by atoms with Gasteiger partial charge in [-0.25, -0.2) is 4.79 Å². The lowest BCUT2D eigenvalue weighted by molar-refractivity contribution is -0.174. The Labute approximate surface area is 121 Å². The first-order valence-electron chi connectivity index (χ1n) is 5.62. The highest BCUT2D eigenvalue weighted by atomic mass is 35.5. The molecule has 0 aliphatic heterocycles. The Morgan fingerprint density at radius 1 is 1.50 bits per heavy atom. The van der Waals surface area contributed by atoms with E-state index < -0.39 is 23.7 Å². The van der Waals surface area contributed by atoms with Crippen LogP contribution in [0.4, 0.5) is 14.5 Å². The number of rotatable bonds is 4. The zero-order valence-corrected chi connectivity index (χ0v) is 11.8. The third-order valence-electron chi connectivity index (χ3n) is 2.72. The normalized spacial score (nSPS) is 12.4. The van der Waals surface area contributed by atoms with E-state index in [1.165, 1.54) is 26.0 Å². The van der Waals surface area contributed by atoms with Gasteiger partial charge in [-0.2, -0.15) is 8.78 Å². The molecule has 0 aliphatic rings. The minimum absolute atomic E-state index is 0. The molecule has 0 aliphatic carbocycles. The summed E-state index contributed by atoms with van der Waals surface area (Å²) >= 11 is 0. The van der Waals surface area contributed by atoms with Gasteiger partial charge < -0.3 is 21.3 Å². The first kappa shape index (κ1) is 18.4. The van der Waals surface area contributed by atoms with Crippen LogP contribution in [0.1, 0.15) is 24.1 Å². The summed E-state index contributed by atoms with van der Waals surface area (Å²) in [5, 5.41) is 9.73. The van der Waals surface area contributed by atoms with Crippen molar-refractivity contribution in [3.63, 3.8) is 0 Å². The van der Waals surface area contributed by atoms with E-state index in [-0.39, 0.29) is 30.3 Å². The lowest BCUT2D eigenvalue weighted by Crippen LogP contribution is -2.42. The van der Waals surface area contributed by atoms with Gasteiger partial charge in [0, 0.05) is 5.56 Å². The van der Waals surface area contributed by atoms with Gasteiger partial charge in [0.15, 0.2) is 0 Å². The number of alkyl halides is 2. The number of nitrogen functional groups attached to an aromatic ring is 1. The zero-order chi connectivity index (χ0) is 14.8. The number of esters is 1. The van der Waals surface area contributed by atoms with Gasteiger partial charge in [-0.15, -0.1) is 12.4 Å². The molecule has 0 amide bonds. The maximum atomic E-state index is 13.8. The van der Waals surface area contributed by atoms with Gasteiger partial charge in [-0.1, -0.05) is 6.07 Å². The third-order valence-corrected chi connectivity index (χ3v) is 2.72. The molecular weight excluding hydrogens is 294 g/mol. The number of nitrogens with two attached hydrogens (primary N) is 2. The minimum atomic E-state index is -3.95. The highest BCUT2D eigenvalue weighted by Gasteiger charge is 2.49. The van der Waals surface area contributed by atoms with Crippen molar-refractivity contribution in [1.82, 2.24) is 0 Å². The topological polar surface area (TPSA) is 98.6 Å². The van der Waals surface area contributed by atoms with Gasteiger partial charge >= 0.3 is 11.9 Å². The number of benzene rings is 1. The molecule has 0 radical (unpaired) electrons. The molecule has 1 atom stereocenters. The third kappa shape index (κ3) is 3.29. The molecule has 0 saturated heterocycles. The van der Waals surface area contributed by atoms with Crippen molar-refractivity contribution >= 4 is 24.1 Å². The van der Waals surface area contributed by atoms with Crippen LogP contribution in [0, 0.1) is 6.92 Å². The molecular formula is C12H17ClF2N2O3. The molecule has 1 rings (SSSR count). The van der Waals surface area contributed by atoms with Gasteiger partial charge in [0.05, 0.1) is 12.3 Å². The molecule has 0 bridgehead atoms. The number of hydrogen-bond acceptors (Lipinski definition) is 5. The summed E-state index contributed by atoms with van der Waals surface area (Å²) in [4.78, 5) is 11.2. The standard InChI is InChI=1S/C12H16F2N2O3.ClH/c1-3-19-11(18)12(13,14)10(16)8-6(2)4-5-7(15)9(8)17;/h4-5,10,17H,3,15-16H2,1-2H3;1H/t10-;/m1./s1. The number of aryl methyl sites for hydroxylation is 1. The first-order valence-corrected chi connectivity index (χ1v) is 5.62. The van der Waals surface area contributed by atoms with E-state index in [9.17, 15) is 18.7 Å². The Balaban J connectivity index is 0.00000361. The van der Waals surface area contributed by atoms with Crippen LogP contribution in [0.25, 0.3) is 0 Å². The number of hydrogen-bond donors (Lipinski definition) is 3. The van der Waals surface area contributed by atoms with Gasteiger partial charge in [0.25, 0.3) is 0 Å². The summed E-state index contributed by atoms with van der Waals surface area (Å²) in [6.07, 6.45) is 0. The molecule has 0 heterocycles. The van der Waals surface area contributed by atoms with Crippen molar-refractivity contribution in [3.8, 4) is 5.75 Å². The Morgan fingerprint density at radius 2 is 2.05 bits per heavy atom. The molecule has 8 heteroatoms. The molecule has 20 heavy (non-hydrogen) atoms. The van der Waals surface area contributed by atoms with Crippen LogP contribution in [0.3, 0.4) is 0 Å². The number of carbonyl (C=O) groups excluding carboxylic acids is 1. The number of carbonyl (C=O) groups is 1. The summed E-state index contributed by atoms with van der Waals surface area (Å²) in [5.74, 6) is -6.23. The minimum Gasteiger partial charge on any atom is -0.505 e. The summed E-state index contributed by atoms with van der Waals surface area (Å²) in [5.41, 5.74) is 10.8. The van der Waals surface area contributed by atoms with Crippen molar-refractivity contribution in [1.29, 1.82) is 0 Å². The Bertz CT molecular complexity index is 498. The number of anilines is 1. The van der Waals surface area contributed by atoms with E-state index in [2.05, 4.69) is 4.74 Å². The highest BCUT2D eigenvalue weighted by Crippen LogP contribution is 2.39. The maximum absolute atomic E-state index is 13.8. The van der Waals surface area contributed by atoms with Gasteiger partial charge in [0.2, 0.25) is 0 Å². The van der Waals surface area contributed by atoms with Crippen LogP contribution in [0.2, 0.25) is 0 Å². The van der Waals surface area contributed by atoms with Crippen LogP contribution in [0.5, 0.6) is 5.75 Å². The van der Waals surface area contributed by atoms with E-state index >= 15 is 0 Å². The molecule has 0 aromatic heterocycles. The second kappa shape index (κ2) is 6.71. The first-order chi connectivity index (χ1) is 8.73. The number of ether oxygens (including phenoxy) is 1. The van der Waals surface area contributed by atoms with Crippen LogP contribution < -0.4 is 11.5 Å². The molecule has 114 valence electrons. The Kier molecular flexibility index (Phi) is 6.18. The molecule has 1 aromatic rings. The molecule has 0 saturated carbocycles. The monoisotopic (exact) mass is 310 g/mol. The van der Waals surface area contributed by atoms with Crippen molar-refractivity contribution in [3.05, 3.63) is 23.3 Å². The fourth-order valence-electron chi connectivity index (χ4n) is 1.65. The zero-order valence-electron chi connectivity index (χ0n) is 11.0. The van der Waals surface area contributed by atoms with Gasteiger partial charge in [0.1, 0.15) is 11.8 Å². The lowest BCUT2D eigenvalue weighted by Gasteiger charge is -2.24. The summed E-state index contributed by atoms with van der Waals surface area (Å²) in [6, 6.07) is 0.768. The molecule has 0 spiro atoms. The summed E-state index contributed by atoms with van der Waals surface area (Å²) in [6.45, 7) is 2.70. The number of phenolic OH excluding ortho intramolecular Hbond substituents is 1. The molecule has 1 aromatic carbocycles. The van der Waals surface area contributed by atoms with E-state index in [0.717, 1.165) is 0 Å². The van der Waals surface area contributed by atoms with Crippen molar-refractivity contribution in [2.45, 2.75) is 25.8 Å². The Hall–Kier alpha value is -1.60. The second-order valence-electron chi connectivity index (χ2n) is 4.06. The second-order valence-corrected chi connectivity index (χ2v) is 4.06. The van der Waals surface area contributed by atoms with Crippen LogP contribution in [-0.4, -0.2) is 23.6 Å². The number of phenols is 1. The van der Waals surface area contributed by atoms with Crippen molar-refractivity contribution in [2.24, 2.45) is 5.73 Å². The fourth-order valence-corrected chi connectivity index (χ4v) is 1.65. The highest BCUT2D eigenvalue weighted by molar-refractivity contribution is 5.85. The summed E-state index contributed by atoms with van der Waals surface area (Å²) in [7, 11) is 0. The molecule has 5 nitrogen and oxygen atoms in total. The fraction of sp³-hybridized carbons (Fsp3) is 0.417. The quantitative estimate of drug-likeness (QED) is 0.448. The van der Waals surface area contributed by atoms with E-state index in [1.807, 2.05) is 0 Å². The molecule has 5 N–H and O–H groups in total. The average molecular weight is 311 g/mol. The van der Waals surface area contributed by atoms with Gasteiger partial charge in [-0.05, 0) is 25.5 Å². The predicted octanol–water partition coefficient (Wildman–Crippen LogP) is 1.90. The smallest absolute Gasteiger partial charge is 0.379 e. The number of halogens is 3. The van der Waals surface area contributed by atoms with Crippen LogP contribution in [-0.2, 0) is 9.53 Å². The van der Waals surface area contributed by atoms with E-state index in [1.54, 1.807) is 0 Å². The molecule has 0 unspecified atom stereocenters. The van der Waals surface area contributed by atoms with Crippen LogP contribution >= 0.6 is 12.4 Å². The summed E-state index contributed by atoms with van der Waals surface area (Å²) < 4.78 is 31.9. The van der Waals surface area contributed by atoms with Crippen LogP contribution in [0.15, 0.2) is 12.1 Å². The van der Waals surface area contributed by atoms with E-state index in [0.29, 0.717) is 5.56 Å². The largest absolute Gasteiger partial charge is 0.505 e. The van der Waals surface area contributed by atoms with Crippen molar-refractivity contribution in [2.75, 3.05) is 12.3 Å². The van der Waals surface area contributed by atoms with E-state index in [4.69, 9.17) is 11.5 Å². The number of aromatic hydroxyl groups is 1. The lowest BCUT2D eigenvalue weighted by atomic mass is 9.95. The molecule has 0 fully saturated rings. The predicted molar refractivity (Wildman–Crippen MR) is 73.0 cm³/mol. The maximum Gasteiger partial charge on any atom is 0.379 e. The Morgan fingerprint density at radius 3 is 2.55 bits per heavy atom. The average Bonchev–Trinajstić information content (AvgIpc) is 2.34.